The van der Waals surface area contributed by atoms with Crippen molar-refractivity contribution in [3.05, 3.63) is 35.9 Å². The zero-order valence-electron chi connectivity index (χ0n) is 13.6. The van der Waals surface area contributed by atoms with E-state index in [1.54, 1.807) is 0 Å². The molecular formula is C18H27N3O. The van der Waals surface area contributed by atoms with E-state index in [0.717, 1.165) is 64.6 Å². The number of hydrogen-bond acceptors (Lipinski definition) is 2. The van der Waals surface area contributed by atoms with Crippen LogP contribution in [0, 0.1) is 5.92 Å². The van der Waals surface area contributed by atoms with Gasteiger partial charge < -0.3 is 9.80 Å². The van der Waals surface area contributed by atoms with Gasteiger partial charge in [-0.2, -0.15) is 0 Å². The highest BCUT2D eigenvalue weighted by atomic mass is 16.2. The average molecular weight is 301 g/mol. The Morgan fingerprint density at radius 3 is 2.18 bits per heavy atom. The Morgan fingerprint density at radius 2 is 1.55 bits per heavy atom. The van der Waals surface area contributed by atoms with Gasteiger partial charge in [-0.05, 0) is 24.3 Å². The van der Waals surface area contributed by atoms with Gasteiger partial charge in [-0.3, -0.25) is 4.90 Å². The van der Waals surface area contributed by atoms with Crippen LogP contribution in [-0.4, -0.2) is 60.0 Å². The van der Waals surface area contributed by atoms with E-state index >= 15 is 0 Å². The molecule has 2 fully saturated rings. The minimum Gasteiger partial charge on any atom is -0.325 e. The van der Waals surface area contributed by atoms with Crippen molar-refractivity contribution in [2.24, 2.45) is 5.92 Å². The molecule has 0 aromatic heterocycles. The maximum atomic E-state index is 12.6. The normalized spacial score (nSPS) is 21.1. The molecule has 0 saturated carbocycles. The molecule has 1 aromatic carbocycles. The lowest BCUT2D eigenvalue weighted by molar-refractivity contribution is 0.0999. The minimum atomic E-state index is 0.256. The number of benzene rings is 1. The Balaban J connectivity index is 1.46. The molecule has 1 aromatic rings. The number of nitrogens with zero attached hydrogens (tertiary/aromatic N) is 3. The van der Waals surface area contributed by atoms with Crippen LogP contribution in [0.1, 0.15) is 25.3 Å². The standard InChI is InChI=1S/C18H27N3O/c1-16-7-9-20(10-8-16)18(22)21-13-11-19(12-14-21)15-17-5-3-2-4-6-17/h2-6,16H,7-15H2,1H3. The van der Waals surface area contributed by atoms with Crippen LogP contribution in [0.3, 0.4) is 0 Å². The van der Waals surface area contributed by atoms with Crippen molar-refractivity contribution < 1.29 is 4.79 Å². The number of urea groups is 1. The van der Waals surface area contributed by atoms with E-state index in [1.807, 2.05) is 9.80 Å². The average Bonchev–Trinajstić information content (AvgIpc) is 2.57. The maximum absolute atomic E-state index is 12.6. The smallest absolute Gasteiger partial charge is 0.320 e. The van der Waals surface area contributed by atoms with Crippen molar-refractivity contribution in [3.8, 4) is 0 Å². The van der Waals surface area contributed by atoms with E-state index in [4.69, 9.17) is 0 Å². The fraction of sp³-hybridized carbons (Fsp3) is 0.611. The molecule has 0 N–H and O–H groups in total. The molecule has 0 aliphatic carbocycles. The summed E-state index contributed by atoms with van der Waals surface area (Å²) in [7, 11) is 0. The molecule has 2 heterocycles. The van der Waals surface area contributed by atoms with E-state index in [2.05, 4.69) is 42.2 Å². The zero-order valence-corrected chi connectivity index (χ0v) is 13.6. The van der Waals surface area contributed by atoms with Crippen molar-refractivity contribution >= 4 is 6.03 Å². The van der Waals surface area contributed by atoms with E-state index < -0.39 is 0 Å². The monoisotopic (exact) mass is 301 g/mol. The largest absolute Gasteiger partial charge is 0.325 e. The van der Waals surface area contributed by atoms with Gasteiger partial charge in [0.05, 0.1) is 0 Å². The number of carbonyl (C=O) groups excluding carboxylic acids is 1. The molecule has 0 atom stereocenters. The SMILES string of the molecule is CC1CCN(C(=O)N2CCN(Cc3ccccc3)CC2)CC1. The fourth-order valence-electron chi connectivity index (χ4n) is 3.34. The van der Waals surface area contributed by atoms with Crippen LogP contribution >= 0.6 is 0 Å². The minimum absolute atomic E-state index is 0.256. The number of carbonyl (C=O) groups is 1. The molecule has 0 spiro atoms. The zero-order chi connectivity index (χ0) is 15.4. The molecule has 2 aliphatic rings. The highest BCUT2D eigenvalue weighted by Gasteiger charge is 2.27. The molecule has 3 rings (SSSR count). The Morgan fingerprint density at radius 1 is 0.955 bits per heavy atom. The second-order valence-corrected chi connectivity index (χ2v) is 6.70. The quantitative estimate of drug-likeness (QED) is 0.839. The van der Waals surface area contributed by atoms with Crippen LogP contribution in [-0.2, 0) is 6.54 Å². The number of piperidine rings is 1. The van der Waals surface area contributed by atoms with Crippen LogP contribution in [0.5, 0.6) is 0 Å². The van der Waals surface area contributed by atoms with E-state index in [0.29, 0.717) is 0 Å². The first-order valence-corrected chi connectivity index (χ1v) is 8.52. The molecule has 4 heteroatoms. The summed E-state index contributed by atoms with van der Waals surface area (Å²) in [4.78, 5) is 19.1. The van der Waals surface area contributed by atoms with Crippen molar-refractivity contribution in [1.29, 1.82) is 0 Å². The topological polar surface area (TPSA) is 26.8 Å². The van der Waals surface area contributed by atoms with Gasteiger partial charge in [-0.1, -0.05) is 37.3 Å². The highest BCUT2D eigenvalue weighted by Crippen LogP contribution is 2.18. The summed E-state index contributed by atoms with van der Waals surface area (Å²) >= 11 is 0. The lowest BCUT2D eigenvalue weighted by atomic mass is 9.99. The van der Waals surface area contributed by atoms with Crippen LogP contribution < -0.4 is 0 Å². The van der Waals surface area contributed by atoms with Crippen molar-refractivity contribution in [2.45, 2.75) is 26.3 Å². The molecule has 22 heavy (non-hydrogen) atoms. The molecule has 0 unspecified atom stereocenters. The maximum Gasteiger partial charge on any atom is 0.320 e. The number of amides is 2. The second kappa shape index (κ2) is 7.14. The molecule has 2 saturated heterocycles. The summed E-state index contributed by atoms with van der Waals surface area (Å²) < 4.78 is 0. The van der Waals surface area contributed by atoms with Crippen LogP contribution in [0.4, 0.5) is 4.79 Å². The third-order valence-corrected chi connectivity index (χ3v) is 4.95. The van der Waals surface area contributed by atoms with Gasteiger partial charge in [0.1, 0.15) is 0 Å². The van der Waals surface area contributed by atoms with Crippen molar-refractivity contribution in [2.75, 3.05) is 39.3 Å². The molecule has 2 amide bonds. The van der Waals surface area contributed by atoms with Gasteiger partial charge in [-0.15, -0.1) is 0 Å². The van der Waals surface area contributed by atoms with Gasteiger partial charge in [0, 0.05) is 45.8 Å². The highest BCUT2D eigenvalue weighted by molar-refractivity contribution is 5.74. The predicted molar refractivity (Wildman–Crippen MR) is 88.7 cm³/mol. The summed E-state index contributed by atoms with van der Waals surface area (Å²) in [6.45, 7) is 8.81. The van der Waals surface area contributed by atoms with E-state index in [-0.39, 0.29) is 6.03 Å². The molecule has 0 bridgehead atoms. The van der Waals surface area contributed by atoms with Crippen molar-refractivity contribution in [3.63, 3.8) is 0 Å². The van der Waals surface area contributed by atoms with E-state index in [1.165, 1.54) is 5.56 Å². The third-order valence-electron chi connectivity index (χ3n) is 4.95. The van der Waals surface area contributed by atoms with Crippen molar-refractivity contribution in [1.82, 2.24) is 14.7 Å². The Bertz CT molecular complexity index is 474. The van der Waals surface area contributed by atoms with Crippen LogP contribution in [0.2, 0.25) is 0 Å². The van der Waals surface area contributed by atoms with Gasteiger partial charge in [0.15, 0.2) is 0 Å². The van der Waals surface area contributed by atoms with Gasteiger partial charge in [0.25, 0.3) is 0 Å². The first-order valence-electron chi connectivity index (χ1n) is 8.52. The molecular weight excluding hydrogens is 274 g/mol. The summed E-state index contributed by atoms with van der Waals surface area (Å²) in [6, 6.07) is 10.8. The van der Waals surface area contributed by atoms with Gasteiger partial charge in [-0.25, -0.2) is 4.79 Å². The second-order valence-electron chi connectivity index (χ2n) is 6.70. The number of rotatable bonds is 2. The third kappa shape index (κ3) is 3.80. The summed E-state index contributed by atoms with van der Waals surface area (Å²) in [5, 5.41) is 0. The summed E-state index contributed by atoms with van der Waals surface area (Å²) in [5.41, 5.74) is 1.35. The lowest BCUT2D eigenvalue weighted by Crippen LogP contribution is -2.53. The molecule has 120 valence electrons. The molecule has 4 nitrogen and oxygen atoms in total. The van der Waals surface area contributed by atoms with Gasteiger partial charge in [0.2, 0.25) is 0 Å². The van der Waals surface area contributed by atoms with E-state index in [9.17, 15) is 4.79 Å². The number of likely N-dealkylation sites (tertiary alicyclic amines) is 1. The lowest BCUT2D eigenvalue weighted by Gasteiger charge is -2.39. The van der Waals surface area contributed by atoms with Crippen LogP contribution in [0.25, 0.3) is 0 Å². The summed E-state index contributed by atoms with van der Waals surface area (Å²) in [5.74, 6) is 0.770. The Labute approximate surface area is 133 Å². The predicted octanol–water partition coefficient (Wildman–Crippen LogP) is 2.66. The first-order chi connectivity index (χ1) is 10.7. The first kappa shape index (κ1) is 15.3. The Hall–Kier alpha value is -1.55. The Kier molecular flexibility index (Phi) is 4.98. The molecule has 0 radical (unpaired) electrons. The number of hydrogen-bond donors (Lipinski definition) is 0. The van der Waals surface area contributed by atoms with Crippen LogP contribution in [0.15, 0.2) is 30.3 Å². The number of piperazine rings is 1. The summed E-state index contributed by atoms with van der Waals surface area (Å²) in [6.07, 6.45) is 2.30. The van der Waals surface area contributed by atoms with Gasteiger partial charge >= 0.3 is 6.03 Å². The fourth-order valence-corrected chi connectivity index (χ4v) is 3.34. The molecule has 2 aliphatic heterocycles.